The summed E-state index contributed by atoms with van der Waals surface area (Å²) in [6.45, 7) is 4.74. The molecule has 0 aliphatic heterocycles. The monoisotopic (exact) mass is 766 g/mol. The summed E-state index contributed by atoms with van der Waals surface area (Å²) in [4.78, 5) is 39.4. The van der Waals surface area contributed by atoms with Gasteiger partial charge in [-0.2, -0.15) is 0 Å². The number of aryl methyl sites for hydroxylation is 1. The van der Waals surface area contributed by atoms with Crippen LogP contribution in [-0.4, -0.2) is 74.0 Å². The quantitative estimate of drug-likeness (QED) is 0.0837. The van der Waals surface area contributed by atoms with Crippen LogP contribution in [0.2, 0.25) is 5.02 Å². The van der Waals surface area contributed by atoms with E-state index in [2.05, 4.69) is 20.7 Å². The summed E-state index contributed by atoms with van der Waals surface area (Å²) >= 11 is 6.02. The third-order valence-electron chi connectivity index (χ3n) is 7.93. The third kappa shape index (κ3) is 12.6. The number of rotatable bonds is 17. The largest absolute Gasteiger partial charge is 0.457 e. The van der Waals surface area contributed by atoms with E-state index in [4.69, 9.17) is 21.1 Å². The Balaban J connectivity index is 1.37. The molecule has 0 aromatic heterocycles. The molecule has 4 aromatic rings. The Labute approximate surface area is 313 Å². The summed E-state index contributed by atoms with van der Waals surface area (Å²) in [5.41, 5.74) is 1.88. The number of ether oxygens (including phenoxy) is 2. The average Bonchev–Trinajstić information content (AvgIpc) is 3.13. The number of sulfonamides is 1. The van der Waals surface area contributed by atoms with Crippen LogP contribution in [-0.2, 0) is 30.8 Å². The van der Waals surface area contributed by atoms with Crippen LogP contribution in [0, 0.1) is 12.8 Å². The van der Waals surface area contributed by atoms with Gasteiger partial charge in [0.1, 0.15) is 17.6 Å². The zero-order valence-corrected chi connectivity index (χ0v) is 30.9. The zero-order valence-electron chi connectivity index (χ0n) is 29.4. The van der Waals surface area contributed by atoms with Gasteiger partial charge in [0.05, 0.1) is 10.9 Å². The Bertz CT molecular complexity index is 1910. The second kappa shape index (κ2) is 19.2. The first-order valence-corrected chi connectivity index (χ1v) is 18.6. The zero-order chi connectivity index (χ0) is 38.5. The van der Waals surface area contributed by atoms with Crippen molar-refractivity contribution in [3.8, 4) is 11.5 Å². The van der Waals surface area contributed by atoms with E-state index in [0.717, 1.165) is 5.56 Å². The third-order valence-corrected chi connectivity index (χ3v) is 9.65. The molecule has 4 unspecified atom stereocenters. The second-order valence-electron chi connectivity index (χ2n) is 12.5. The molecule has 0 radical (unpaired) electrons. The van der Waals surface area contributed by atoms with Gasteiger partial charge in [-0.1, -0.05) is 73.5 Å². The lowest BCUT2D eigenvalue weighted by Gasteiger charge is -2.30. The maximum absolute atomic E-state index is 13.6. The molecule has 0 heterocycles. The van der Waals surface area contributed by atoms with Crippen LogP contribution in [0.3, 0.4) is 0 Å². The Morgan fingerprint density at radius 3 is 2.04 bits per heavy atom. The molecule has 0 spiro atoms. The molecular weight excluding hydrogens is 724 g/mol. The standard InChI is InChI=1S/C38H43ClN4O9S/c1-24(2)35(52-38(48)42-28-15-17-30(18-16-28)51-29-7-5-4-6-8-29)37(47)43-32(23-26-11-13-27(39)14-12-26)33(44)34(45)36(46)40-21-22-41-53(49,50)31-19-9-25(3)10-20-31/h4-20,24,32-35,41,44-45H,21-23H2,1-3H3,(H,40,46)(H,42,48)(H,43,47). The molecule has 0 saturated heterocycles. The van der Waals surface area contributed by atoms with Crippen LogP contribution in [0.5, 0.6) is 11.5 Å². The van der Waals surface area contributed by atoms with Gasteiger partial charge in [-0.15, -0.1) is 0 Å². The maximum atomic E-state index is 13.6. The molecule has 4 aromatic carbocycles. The molecular formula is C38H43ClN4O9S. The topological polar surface area (TPSA) is 192 Å². The first kappa shape index (κ1) is 40.8. The van der Waals surface area contributed by atoms with Crippen molar-refractivity contribution in [3.05, 3.63) is 119 Å². The minimum Gasteiger partial charge on any atom is -0.457 e. The normalized spacial score (nSPS) is 13.6. The van der Waals surface area contributed by atoms with Crippen LogP contribution >= 0.6 is 11.6 Å². The van der Waals surface area contributed by atoms with Crippen molar-refractivity contribution < 1.29 is 42.5 Å². The van der Waals surface area contributed by atoms with E-state index in [1.807, 2.05) is 25.1 Å². The van der Waals surface area contributed by atoms with Crippen molar-refractivity contribution in [2.45, 2.75) is 56.4 Å². The number of amides is 3. The molecule has 0 fully saturated rings. The number of hydrogen-bond acceptors (Lipinski definition) is 9. The van der Waals surface area contributed by atoms with Gasteiger partial charge in [0, 0.05) is 23.8 Å². The number of halogens is 1. The van der Waals surface area contributed by atoms with Gasteiger partial charge in [0.25, 0.3) is 11.8 Å². The van der Waals surface area contributed by atoms with Crippen molar-refractivity contribution in [2.75, 3.05) is 18.4 Å². The highest BCUT2D eigenvalue weighted by Gasteiger charge is 2.35. The summed E-state index contributed by atoms with van der Waals surface area (Å²) in [6, 6.07) is 27.2. The molecule has 0 bridgehead atoms. The van der Waals surface area contributed by atoms with Gasteiger partial charge in [-0.25, -0.2) is 17.9 Å². The van der Waals surface area contributed by atoms with Crippen molar-refractivity contribution in [3.63, 3.8) is 0 Å². The number of carbonyl (C=O) groups excluding carboxylic acids is 3. The summed E-state index contributed by atoms with van der Waals surface area (Å²) < 4.78 is 38.7. The lowest BCUT2D eigenvalue weighted by atomic mass is 9.96. The average molecular weight is 767 g/mol. The smallest absolute Gasteiger partial charge is 0.412 e. The fourth-order valence-corrected chi connectivity index (χ4v) is 6.19. The van der Waals surface area contributed by atoms with E-state index in [1.54, 1.807) is 86.6 Å². The minimum absolute atomic E-state index is 0.0425. The Morgan fingerprint density at radius 2 is 1.42 bits per heavy atom. The molecule has 13 nitrogen and oxygen atoms in total. The van der Waals surface area contributed by atoms with Gasteiger partial charge in [0.2, 0.25) is 10.0 Å². The van der Waals surface area contributed by atoms with Gasteiger partial charge in [0.15, 0.2) is 12.2 Å². The number of aliphatic hydroxyl groups excluding tert-OH is 2. The maximum Gasteiger partial charge on any atom is 0.412 e. The van der Waals surface area contributed by atoms with Crippen molar-refractivity contribution >= 4 is 45.2 Å². The van der Waals surface area contributed by atoms with Crippen LogP contribution in [0.1, 0.15) is 25.0 Å². The molecule has 0 saturated carbocycles. The molecule has 4 atom stereocenters. The Hall–Kier alpha value is -4.99. The SMILES string of the molecule is Cc1ccc(S(=O)(=O)NCCNC(=O)C(O)C(O)C(Cc2ccc(Cl)cc2)NC(=O)C(OC(=O)Nc2ccc(Oc3ccccc3)cc2)C(C)C)cc1. The first-order chi connectivity index (χ1) is 25.2. The number of hydrogen-bond donors (Lipinski definition) is 6. The summed E-state index contributed by atoms with van der Waals surface area (Å²) in [5, 5.41) is 30.1. The Kier molecular flexibility index (Phi) is 14.8. The van der Waals surface area contributed by atoms with E-state index in [0.29, 0.717) is 27.8 Å². The lowest BCUT2D eigenvalue weighted by Crippen LogP contribution is -2.56. The molecule has 53 heavy (non-hydrogen) atoms. The predicted molar refractivity (Wildman–Crippen MR) is 200 cm³/mol. The summed E-state index contributed by atoms with van der Waals surface area (Å²) in [7, 11) is -3.85. The molecule has 4 rings (SSSR count). The number of para-hydroxylation sites is 1. The first-order valence-electron chi connectivity index (χ1n) is 16.8. The van der Waals surface area contributed by atoms with Gasteiger partial charge in [-0.05, 0) is 85.5 Å². The fourth-order valence-electron chi connectivity index (χ4n) is 5.03. The number of anilines is 1. The van der Waals surface area contributed by atoms with Crippen molar-refractivity contribution in [2.24, 2.45) is 5.92 Å². The minimum atomic E-state index is -3.85. The molecule has 0 aliphatic carbocycles. The Morgan fingerprint density at radius 1 is 0.792 bits per heavy atom. The molecule has 3 amide bonds. The number of aliphatic hydroxyl groups is 2. The molecule has 282 valence electrons. The van der Waals surface area contributed by atoms with E-state index in [9.17, 15) is 33.0 Å². The summed E-state index contributed by atoms with van der Waals surface area (Å²) in [6.07, 6.45) is -6.15. The van der Waals surface area contributed by atoms with Crippen LogP contribution in [0.15, 0.2) is 108 Å². The van der Waals surface area contributed by atoms with Gasteiger partial charge < -0.3 is 30.3 Å². The van der Waals surface area contributed by atoms with Gasteiger partial charge in [-0.3, -0.25) is 14.9 Å². The molecule has 0 aliphatic rings. The molecule has 15 heteroatoms. The van der Waals surface area contributed by atoms with Crippen LogP contribution in [0.25, 0.3) is 0 Å². The second-order valence-corrected chi connectivity index (χ2v) is 14.7. The van der Waals surface area contributed by atoms with Crippen LogP contribution < -0.4 is 25.4 Å². The predicted octanol–water partition coefficient (Wildman–Crippen LogP) is 4.56. The highest BCUT2D eigenvalue weighted by molar-refractivity contribution is 7.89. The fraction of sp³-hybridized carbons (Fsp3) is 0.289. The highest BCUT2D eigenvalue weighted by Crippen LogP contribution is 2.23. The summed E-state index contributed by atoms with van der Waals surface area (Å²) in [5.74, 6) is -1.12. The van der Waals surface area contributed by atoms with E-state index >= 15 is 0 Å². The van der Waals surface area contributed by atoms with E-state index in [-0.39, 0.29) is 24.4 Å². The number of carbonyl (C=O) groups is 3. The highest BCUT2D eigenvalue weighted by atomic mass is 35.5. The van der Waals surface area contributed by atoms with Crippen LogP contribution in [0.4, 0.5) is 10.5 Å². The number of nitrogens with one attached hydrogen (secondary N) is 4. The van der Waals surface area contributed by atoms with Gasteiger partial charge >= 0.3 is 6.09 Å². The van der Waals surface area contributed by atoms with Crippen molar-refractivity contribution in [1.82, 2.24) is 15.4 Å². The molecule has 6 N–H and O–H groups in total. The van der Waals surface area contributed by atoms with E-state index in [1.165, 1.54) is 12.1 Å². The lowest BCUT2D eigenvalue weighted by molar-refractivity contribution is -0.140. The van der Waals surface area contributed by atoms with Crippen molar-refractivity contribution in [1.29, 1.82) is 0 Å². The van der Waals surface area contributed by atoms with E-state index < -0.39 is 58.2 Å². The number of benzene rings is 4.